The van der Waals surface area contributed by atoms with Crippen molar-refractivity contribution < 1.29 is 4.79 Å². The van der Waals surface area contributed by atoms with E-state index in [0.29, 0.717) is 18.3 Å². The van der Waals surface area contributed by atoms with Crippen LogP contribution in [0.3, 0.4) is 0 Å². The zero-order valence-corrected chi connectivity index (χ0v) is 14.0. The molecule has 130 valence electrons. The number of guanidine groups is 1. The number of hydrogen-bond acceptors (Lipinski definition) is 3. The van der Waals surface area contributed by atoms with Crippen molar-refractivity contribution in [1.82, 2.24) is 9.88 Å². The summed E-state index contributed by atoms with van der Waals surface area (Å²) in [7, 11) is 0. The van der Waals surface area contributed by atoms with Crippen LogP contribution in [-0.2, 0) is 6.54 Å². The van der Waals surface area contributed by atoms with Gasteiger partial charge >= 0.3 is 6.03 Å². The molecule has 2 aromatic rings. The molecular formula is C18H22N6O. The molecule has 1 aliphatic rings. The summed E-state index contributed by atoms with van der Waals surface area (Å²) < 4.78 is 0. The minimum Gasteiger partial charge on any atom is -0.370 e. The maximum atomic E-state index is 12.1. The van der Waals surface area contributed by atoms with Gasteiger partial charge in [0.1, 0.15) is 5.82 Å². The van der Waals surface area contributed by atoms with E-state index in [-0.39, 0.29) is 6.03 Å². The Morgan fingerprint density at radius 2 is 2.00 bits per heavy atom. The summed E-state index contributed by atoms with van der Waals surface area (Å²) in [4.78, 5) is 22.4. The van der Waals surface area contributed by atoms with E-state index >= 15 is 0 Å². The first-order chi connectivity index (χ1) is 12.2. The first-order valence-corrected chi connectivity index (χ1v) is 8.33. The summed E-state index contributed by atoms with van der Waals surface area (Å²) in [6.45, 7) is 2.07. The van der Waals surface area contributed by atoms with E-state index in [9.17, 15) is 4.79 Å². The Kier molecular flexibility index (Phi) is 5.46. The average molecular weight is 338 g/mol. The van der Waals surface area contributed by atoms with Crippen molar-refractivity contribution in [2.75, 3.05) is 23.7 Å². The molecule has 0 unspecified atom stereocenters. The van der Waals surface area contributed by atoms with Gasteiger partial charge in [0.25, 0.3) is 0 Å². The van der Waals surface area contributed by atoms with Crippen LogP contribution in [0.2, 0.25) is 0 Å². The quantitative estimate of drug-likeness (QED) is 0.590. The predicted molar refractivity (Wildman–Crippen MR) is 99.5 cm³/mol. The highest BCUT2D eigenvalue weighted by Gasteiger charge is 2.17. The van der Waals surface area contributed by atoms with Crippen LogP contribution in [-0.4, -0.2) is 35.0 Å². The number of aliphatic imine (C=N–C) groups is 1. The van der Waals surface area contributed by atoms with Crippen molar-refractivity contribution in [2.45, 2.75) is 19.4 Å². The van der Waals surface area contributed by atoms with Gasteiger partial charge in [-0.2, -0.15) is 0 Å². The Labute approximate surface area is 147 Å². The molecule has 1 saturated heterocycles. The lowest BCUT2D eigenvalue weighted by atomic mass is 10.2. The number of nitrogens with one attached hydrogen (secondary N) is 2. The van der Waals surface area contributed by atoms with Crippen LogP contribution in [0.25, 0.3) is 0 Å². The number of carbonyl (C=O) groups excluding carboxylic acids is 1. The van der Waals surface area contributed by atoms with E-state index < -0.39 is 0 Å². The average Bonchev–Trinajstić information content (AvgIpc) is 3.16. The second-order valence-electron chi connectivity index (χ2n) is 5.87. The largest absolute Gasteiger partial charge is 0.370 e. The van der Waals surface area contributed by atoms with E-state index in [1.165, 1.54) is 0 Å². The van der Waals surface area contributed by atoms with E-state index in [2.05, 4.69) is 20.6 Å². The number of amides is 2. The molecule has 0 saturated carbocycles. The predicted octanol–water partition coefficient (Wildman–Crippen LogP) is 2.64. The van der Waals surface area contributed by atoms with Gasteiger partial charge in [-0.1, -0.05) is 18.2 Å². The first-order valence-electron chi connectivity index (χ1n) is 8.33. The van der Waals surface area contributed by atoms with Gasteiger partial charge in [-0.25, -0.2) is 14.8 Å². The number of nitrogens with zero attached hydrogens (tertiary/aromatic N) is 3. The molecule has 0 radical (unpaired) electrons. The van der Waals surface area contributed by atoms with Crippen molar-refractivity contribution in [1.29, 1.82) is 0 Å². The van der Waals surface area contributed by atoms with Crippen LogP contribution >= 0.6 is 0 Å². The fourth-order valence-electron chi connectivity index (χ4n) is 2.65. The van der Waals surface area contributed by atoms with Gasteiger partial charge in [0, 0.05) is 25.0 Å². The number of rotatable bonds is 4. The highest BCUT2D eigenvalue weighted by molar-refractivity contribution is 5.91. The van der Waals surface area contributed by atoms with Gasteiger partial charge in [-0.3, -0.25) is 0 Å². The fourth-order valence-corrected chi connectivity index (χ4v) is 2.65. The van der Waals surface area contributed by atoms with E-state index in [1.54, 1.807) is 6.20 Å². The van der Waals surface area contributed by atoms with Crippen molar-refractivity contribution >= 4 is 23.5 Å². The van der Waals surface area contributed by atoms with Crippen LogP contribution in [0, 0.1) is 0 Å². The smallest absolute Gasteiger partial charge is 0.321 e. The molecule has 0 atom stereocenters. The Balaban J connectivity index is 1.57. The summed E-state index contributed by atoms with van der Waals surface area (Å²) in [6.07, 6.45) is 3.83. The van der Waals surface area contributed by atoms with E-state index in [1.807, 2.05) is 47.4 Å². The molecule has 0 bridgehead atoms. The Hall–Kier alpha value is -3.09. The van der Waals surface area contributed by atoms with Crippen molar-refractivity contribution in [3.05, 3.63) is 54.2 Å². The number of benzene rings is 1. The zero-order chi connectivity index (χ0) is 17.5. The van der Waals surface area contributed by atoms with Crippen molar-refractivity contribution in [3.63, 3.8) is 0 Å². The zero-order valence-electron chi connectivity index (χ0n) is 14.0. The van der Waals surface area contributed by atoms with Gasteiger partial charge in [0.15, 0.2) is 5.96 Å². The number of urea groups is 1. The lowest BCUT2D eigenvalue weighted by Crippen LogP contribution is -2.32. The van der Waals surface area contributed by atoms with Gasteiger partial charge in [0.2, 0.25) is 0 Å². The molecule has 1 aromatic heterocycles. The lowest BCUT2D eigenvalue weighted by molar-refractivity contribution is 0.222. The van der Waals surface area contributed by atoms with E-state index in [0.717, 1.165) is 37.2 Å². The molecule has 0 aliphatic carbocycles. The van der Waals surface area contributed by atoms with Gasteiger partial charge < -0.3 is 21.3 Å². The van der Waals surface area contributed by atoms with E-state index in [4.69, 9.17) is 5.73 Å². The number of aromatic nitrogens is 1. The topological polar surface area (TPSA) is 95.6 Å². The second-order valence-corrected chi connectivity index (χ2v) is 5.87. The molecule has 4 N–H and O–H groups in total. The molecular weight excluding hydrogens is 316 g/mol. The van der Waals surface area contributed by atoms with Gasteiger partial charge in [0.05, 0.1) is 6.54 Å². The highest BCUT2D eigenvalue weighted by Crippen LogP contribution is 2.14. The molecule has 2 amide bonds. The summed E-state index contributed by atoms with van der Waals surface area (Å²) in [6, 6.07) is 13.1. The minimum atomic E-state index is -0.0468. The third-order valence-electron chi connectivity index (χ3n) is 3.92. The molecule has 3 rings (SSSR count). The maximum Gasteiger partial charge on any atom is 0.321 e. The number of likely N-dealkylation sites (tertiary alicyclic amines) is 1. The van der Waals surface area contributed by atoms with Gasteiger partial charge in [-0.05, 0) is 42.7 Å². The van der Waals surface area contributed by atoms with Crippen LogP contribution in [0.5, 0.6) is 0 Å². The first kappa shape index (κ1) is 16.8. The number of anilines is 2. The van der Waals surface area contributed by atoms with Crippen LogP contribution in [0.1, 0.15) is 18.4 Å². The summed E-state index contributed by atoms with van der Waals surface area (Å²) in [5.74, 6) is 0.945. The molecule has 1 aliphatic heterocycles. The third kappa shape index (κ3) is 4.94. The summed E-state index contributed by atoms with van der Waals surface area (Å²) >= 11 is 0. The van der Waals surface area contributed by atoms with Crippen molar-refractivity contribution in [3.8, 4) is 0 Å². The van der Waals surface area contributed by atoms with Crippen LogP contribution in [0.15, 0.2) is 53.7 Å². The number of hydrogen-bond donors (Lipinski definition) is 3. The summed E-state index contributed by atoms with van der Waals surface area (Å²) in [5, 5.41) is 5.87. The normalized spacial score (nSPS) is 14.4. The number of nitrogens with two attached hydrogens (primary N) is 1. The summed E-state index contributed by atoms with van der Waals surface area (Å²) in [5.41, 5.74) is 7.61. The minimum absolute atomic E-state index is 0.0468. The standard InChI is InChI=1S/C18H22N6O/c19-17(23-16-8-1-2-9-20-16)21-13-14-6-5-7-15(12-14)22-18(25)24-10-3-4-11-24/h1-2,5-9,12H,3-4,10-11,13H2,(H,22,25)(H3,19,20,21,23). The SMILES string of the molecule is NC(=NCc1cccc(NC(=O)N2CCCC2)c1)Nc1ccccn1. The third-order valence-corrected chi connectivity index (χ3v) is 3.92. The lowest BCUT2D eigenvalue weighted by Gasteiger charge is -2.16. The second kappa shape index (κ2) is 8.14. The monoisotopic (exact) mass is 338 g/mol. The molecule has 2 heterocycles. The molecule has 7 nitrogen and oxygen atoms in total. The maximum absolute atomic E-state index is 12.1. The number of pyridine rings is 1. The van der Waals surface area contributed by atoms with Crippen LogP contribution in [0.4, 0.5) is 16.3 Å². The number of carbonyl (C=O) groups is 1. The Morgan fingerprint density at radius 3 is 2.76 bits per heavy atom. The van der Waals surface area contributed by atoms with Gasteiger partial charge in [-0.15, -0.1) is 0 Å². The molecule has 0 spiro atoms. The Bertz CT molecular complexity index is 740. The molecule has 1 fully saturated rings. The van der Waals surface area contributed by atoms with Crippen LogP contribution < -0.4 is 16.4 Å². The highest BCUT2D eigenvalue weighted by atomic mass is 16.2. The molecule has 1 aromatic carbocycles. The molecule has 7 heteroatoms. The fraction of sp³-hybridized carbons (Fsp3) is 0.278. The Morgan fingerprint density at radius 1 is 1.16 bits per heavy atom. The molecule has 25 heavy (non-hydrogen) atoms. The van der Waals surface area contributed by atoms with Crippen molar-refractivity contribution in [2.24, 2.45) is 10.7 Å².